The van der Waals surface area contributed by atoms with Crippen molar-refractivity contribution in [2.75, 3.05) is 44.5 Å². The maximum atomic E-state index is 5.41. The Hall–Kier alpha value is -0.930. The summed E-state index contributed by atoms with van der Waals surface area (Å²) in [5.74, 6) is 0. The van der Waals surface area contributed by atoms with Crippen molar-refractivity contribution in [3.63, 3.8) is 0 Å². The minimum absolute atomic E-state index is 0.709. The lowest BCUT2D eigenvalue weighted by atomic mass is 10.2. The van der Waals surface area contributed by atoms with Crippen LogP contribution in [-0.2, 0) is 18.0 Å². The summed E-state index contributed by atoms with van der Waals surface area (Å²) in [6.07, 6.45) is 2.03. The quantitative estimate of drug-likeness (QED) is 0.563. The predicted octanol–water partition coefficient (Wildman–Crippen LogP) is 3.32. The molecule has 0 bridgehead atoms. The highest BCUT2D eigenvalue weighted by molar-refractivity contribution is 8.00. The van der Waals surface area contributed by atoms with Gasteiger partial charge in [0.2, 0.25) is 0 Å². The van der Waals surface area contributed by atoms with E-state index < -0.39 is 0 Å². The molecule has 0 spiro atoms. The van der Waals surface area contributed by atoms with E-state index in [9.17, 15) is 0 Å². The molecule has 5 nitrogen and oxygen atoms in total. The van der Waals surface area contributed by atoms with Crippen molar-refractivity contribution in [3.8, 4) is 0 Å². The first-order valence-electron chi connectivity index (χ1n) is 7.88. The molecule has 1 aliphatic heterocycles. The van der Waals surface area contributed by atoms with E-state index in [0.29, 0.717) is 6.67 Å². The monoisotopic (exact) mass is 382 g/mol. The normalized spacial score (nSPS) is 15.2. The van der Waals surface area contributed by atoms with E-state index in [4.69, 9.17) is 17.0 Å². The van der Waals surface area contributed by atoms with E-state index >= 15 is 0 Å². The van der Waals surface area contributed by atoms with Crippen LogP contribution in [0, 0.1) is 3.95 Å². The van der Waals surface area contributed by atoms with Gasteiger partial charge in [-0.3, -0.25) is 4.90 Å². The van der Waals surface area contributed by atoms with Crippen molar-refractivity contribution in [1.29, 1.82) is 0 Å². The highest BCUT2D eigenvalue weighted by Gasteiger charge is 2.11. The number of benzene rings is 1. The summed E-state index contributed by atoms with van der Waals surface area (Å²) < 4.78 is 9.15. The molecule has 3 rings (SSSR count). The van der Waals surface area contributed by atoms with Gasteiger partial charge in [0.25, 0.3) is 0 Å². The third-order valence-electron chi connectivity index (χ3n) is 3.90. The van der Waals surface area contributed by atoms with Crippen LogP contribution >= 0.6 is 35.3 Å². The Bertz CT molecular complexity index is 707. The summed E-state index contributed by atoms with van der Waals surface area (Å²) >= 11 is 8.58. The molecule has 1 aromatic heterocycles. The van der Waals surface area contributed by atoms with Crippen LogP contribution in [0.4, 0.5) is 5.69 Å². The van der Waals surface area contributed by atoms with Crippen LogP contribution in [0.3, 0.4) is 0 Å². The molecule has 8 heteroatoms. The molecule has 0 saturated carbocycles. The molecule has 1 aromatic carbocycles. The lowest BCUT2D eigenvalue weighted by Gasteiger charge is -2.29. The van der Waals surface area contributed by atoms with Crippen LogP contribution in [0.1, 0.15) is 5.56 Å². The lowest BCUT2D eigenvalue weighted by molar-refractivity contribution is 0.122. The van der Waals surface area contributed by atoms with Gasteiger partial charge in [0.05, 0.1) is 19.9 Å². The number of morpholine rings is 1. The molecule has 130 valence electrons. The van der Waals surface area contributed by atoms with Crippen molar-refractivity contribution in [1.82, 2.24) is 14.7 Å². The Morgan fingerprint density at radius 1 is 1.29 bits per heavy atom. The van der Waals surface area contributed by atoms with Gasteiger partial charge in [-0.2, -0.15) is 5.10 Å². The smallest absolute Gasteiger partial charge is 0.181 e. The Labute approximate surface area is 156 Å². The zero-order valence-electron chi connectivity index (χ0n) is 14.0. The van der Waals surface area contributed by atoms with E-state index in [1.807, 2.05) is 10.9 Å². The minimum Gasteiger partial charge on any atom is -0.378 e. The van der Waals surface area contributed by atoms with Crippen molar-refractivity contribution in [2.45, 2.75) is 17.6 Å². The predicted molar refractivity (Wildman–Crippen MR) is 104 cm³/mol. The Kier molecular flexibility index (Phi) is 6.29. The van der Waals surface area contributed by atoms with Gasteiger partial charge in [0.15, 0.2) is 8.29 Å². The number of hydrogen-bond acceptors (Lipinski definition) is 7. The highest BCUT2D eigenvalue weighted by Crippen LogP contribution is 2.20. The fourth-order valence-electron chi connectivity index (χ4n) is 2.68. The van der Waals surface area contributed by atoms with Gasteiger partial charge >= 0.3 is 0 Å². The minimum atomic E-state index is 0.709. The van der Waals surface area contributed by atoms with E-state index in [2.05, 4.69) is 46.2 Å². The van der Waals surface area contributed by atoms with Crippen molar-refractivity contribution in [2.24, 2.45) is 0 Å². The molecule has 1 fully saturated rings. The maximum Gasteiger partial charge on any atom is 0.181 e. The van der Waals surface area contributed by atoms with Crippen molar-refractivity contribution < 1.29 is 4.74 Å². The van der Waals surface area contributed by atoms with Crippen LogP contribution in [0.25, 0.3) is 0 Å². The molecule has 0 amide bonds. The van der Waals surface area contributed by atoms with E-state index in [-0.39, 0.29) is 0 Å². The fourth-order valence-corrected chi connectivity index (χ4v) is 4.42. The zero-order valence-corrected chi connectivity index (χ0v) is 16.4. The number of hydrogen-bond donors (Lipinski definition) is 0. The van der Waals surface area contributed by atoms with Crippen LogP contribution in [0.15, 0.2) is 28.6 Å². The summed E-state index contributed by atoms with van der Waals surface area (Å²) in [4.78, 5) is 4.60. The second-order valence-corrected chi connectivity index (χ2v) is 8.44. The average Bonchev–Trinajstić information content (AvgIpc) is 2.96. The largest absolute Gasteiger partial charge is 0.378 e. The Morgan fingerprint density at radius 3 is 2.62 bits per heavy atom. The summed E-state index contributed by atoms with van der Waals surface area (Å²) in [6, 6.07) is 8.81. The number of rotatable bonds is 6. The Morgan fingerprint density at radius 2 is 2.00 bits per heavy atom. The highest BCUT2D eigenvalue weighted by atomic mass is 32.2. The van der Waals surface area contributed by atoms with E-state index in [1.165, 1.54) is 11.3 Å². The number of anilines is 1. The van der Waals surface area contributed by atoms with Crippen LogP contribution in [0.5, 0.6) is 0 Å². The molecule has 2 aromatic rings. The summed E-state index contributed by atoms with van der Waals surface area (Å²) in [5, 5.41) is 4.52. The molecule has 1 aliphatic rings. The zero-order chi connectivity index (χ0) is 16.9. The molecule has 0 aliphatic carbocycles. The third kappa shape index (κ3) is 4.58. The summed E-state index contributed by atoms with van der Waals surface area (Å²) in [7, 11) is 2.09. The van der Waals surface area contributed by atoms with Gasteiger partial charge in [0, 0.05) is 25.3 Å². The van der Waals surface area contributed by atoms with Crippen LogP contribution < -0.4 is 4.90 Å². The molecule has 2 heterocycles. The summed E-state index contributed by atoms with van der Waals surface area (Å²) in [5.41, 5.74) is 2.57. The van der Waals surface area contributed by atoms with Crippen LogP contribution in [-0.4, -0.2) is 54.3 Å². The van der Waals surface area contributed by atoms with E-state index in [1.54, 1.807) is 23.1 Å². The van der Waals surface area contributed by atoms with Crippen molar-refractivity contribution in [3.05, 3.63) is 33.8 Å². The first-order chi connectivity index (χ1) is 11.7. The molecule has 0 unspecified atom stereocenters. The van der Waals surface area contributed by atoms with Gasteiger partial charge < -0.3 is 9.64 Å². The molecule has 0 radical (unpaired) electrons. The average molecular weight is 383 g/mol. The Balaban J connectivity index is 1.58. The number of thioether (sulfide) groups is 1. The van der Waals surface area contributed by atoms with E-state index in [0.717, 1.165) is 41.1 Å². The maximum absolute atomic E-state index is 5.41. The molecular weight excluding hydrogens is 360 g/mol. The van der Waals surface area contributed by atoms with Gasteiger partial charge in [-0.1, -0.05) is 35.2 Å². The van der Waals surface area contributed by atoms with Crippen LogP contribution in [0.2, 0.25) is 0 Å². The second-order valence-electron chi connectivity index (χ2n) is 5.76. The van der Waals surface area contributed by atoms with Gasteiger partial charge in [0.1, 0.15) is 0 Å². The molecule has 0 N–H and O–H groups in total. The SMILES string of the molecule is CSc1nn(CN(C)Cc2ccc(N3CCOCC3)cc2)c(=S)s1. The lowest BCUT2D eigenvalue weighted by Crippen LogP contribution is -2.36. The number of nitrogens with zero attached hydrogens (tertiary/aromatic N) is 4. The first-order valence-corrected chi connectivity index (χ1v) is 10.3. The third-order valence-corrected chi connectivity index (χ3v) is 6.19. The number of aromatic nitrogens is 2. The molecular formula is C16H22N4OS3. The molecule has 0 atom stereocenters. The first kappa shape index (κ1) is 17.9. The number of ether oxygens (including phenoxy) is 1. The topological polar surface area (TPSA) is 33.5 Å². The molecule has 24 heavy (non-hydrogen) atoms. The second kappa shape index (κ2) is 8.44. The van der Waals surface area contributed by atoms with Gasteiger partial charge in [-0.25, -0.2) is 4.68 Å². The van der Waals surface area contributed by atoms with Gasteiger partial charge in [-0.15, -0.1) is 0 Å². The summed E-state index contributed by atoms with van der Waals surface area (Å²) in [6.45, 7) is 5.16. The fraction of sp³-hybridized carbons (Fsp3) is 0.500. The van der Waals surface area contributed by atoms with Gasteiger partial charge in [-0.05, 0) is 43.2 Å². The molecule has 1 saturated heterocycles. The standard InChI is InChI=1S/C16H22N4OS3/c1-18(12-20-16(22)24-15(17-20)23-2)11-13-3-5-14(6-4-13)19-7-9-21-10-8-19/h3-6H,7-12H2,1-2H3. The van der Waals surface area contributed by atoms with Crippen molar-refractivity contribution >= 4 is 41.0 Å².